The van der Waals surface area contributed by atoms with Gasteiger partial charge in [0.2, 0.25) is 0 Å². The van der Waals surface area contributed by atoms with Gasteiger partial charge in [0.25, 0.3) is 0 Å². The SMILES string of the molecule is COc1[cH-]c2ccccc2c1OC.[C-]1=CC=CC1.[Cl-].[Cl-].[Ti+4]. The first kappa shape index (κ1) is 22.5. The first-order valence-electron chi connectivity index (χ1n) is 5.85. The number of halogens is 2. The first-order chi connectivity index (χ1) is 8.86. The molecule has 0 heterocycles. The van der Waals surface area contributed by atoms with Crippen LogP contribution in [0.25, 0.3) is 10.8 Å². The zero-order valence-electron chi connectivity index (χ0n) is 11.9. The van der Waals surface area contributed by atoms with Gasteiger partial charge >= 0.3 is 21.7 Å². The van der Waals surface area contributed by atoms with Crippen molar-refractivity contribution < 1.29 is 56.0 Å². The molecule has 1 aliphatic carbocycles. The molecule has 1 aliphatic rings. The zero-order chi connectivity index (χ0) is 12.8. The maximum Gasteiger partial charge on any atom is 4.00 e. The molecule has 0 spiro atoms. The van der Waals surface area contributed by atoms with Crippen molar-refractivity contribution in [1.29, 1.82) is 0 Å². The van der Waals surface area contributed by atoms with Gasteiger partial charge in [-0.15, -0.1) is 36.1 Å². The standard InChI is InChI=1S/C11H11O2.C5H5.2ClH.Ti/c1-12-10-7-8-5-3-4-6-9(8)11(10)13-2;1-2-4-5-3-1;;;/h3-7H,1-2H3;1-3H,4H2;2*1H;/q2*-1;;;+4/p-2. The van der Waals surface area contributed by atoms with Crippen LogP contribution in [-0.2, 0) is 21.7 Å². The van der Waals surface area contributed by atoms with Gasteiger partial charge in [0, 0.05) is 0 Å². The maximum absolute atomic E-state index is 5.26. The van der Waals surface area contributed by atoms with Gasteiger partial charge in [-0.3, -0.25) is 6.08 Å². The number of benzene rings is 1. The van der Waals surface area contributed by atoms with E-state index in [4.69, 9.17) is 9.47 Å². The normalized spacial score (nSPS) is 10.6. The van der Waals surface area contributed by atoms with Gasteiger partial charge in [-0.1, -0.05) is 11.5 Å². The molecule has 0 N–H and O–H groups in total. The average Bonchev–Trinajstić information content (AvgIpc) is 3.08. The third-order valence-corrected chi connectivity index (χ3v) is 2.73. The summed E-state index contributed by atoms with van der Waals surface area (Å²) in [6.45, 7) is 0. The van der Waals surface area contributed by atoms with E-state index in [1.807, 2.05) is 42.5 Å². The van der Waals surface area contributed by atoms with Crippen LogP contribution >= 0.6 is 0 Å². The Morgan fingerprint density at radius 2 is 1.81 bits per heavy atom. The molecule has 2 nitrogen and oxygen atoms in total. The van der Waals surface area contributed by atoms with Crippen molar-refractivity contribution >= 4 is 10.8 Å². The Bertz CT molecular complexity index is 567. The molecule has 0 aromatic heterocycles. The minimum atomic E-state index is 0. The summed E-state index contributed by atoms with van der Waals surface area (Å²) in [6, 6.07) is 10.0. The van der Waals surface area contributed by atoms with Crippen LogP contribution in [0.4, 0.5) is 0 Å². The van der Waals surface area contributed by atoms with E-state index in [-0.39, 0.29) is 46.5 Å². The Balaban J connectivity index is 0. The topological polar surface area (TPSA) is 18.5 Å². The van der Waals surface area contributed by atoms with Crippen LogP contribution in [0, 0.1) is 6.08 Å². The molecule has 21 heavy (non-hydrogen) atoms. The fourth-order valence-electron chi connectivity index (χ4n) is 1.87. The molecular weight excluding hydrogens is 343 g/mol. The summed E-state index contributed by atoms with van der Waals surface area (Å²) >= 11 is 0. The van der Waals surface area contributed by atoms with Crippen molar-refractivity contribution in [3.05, 3.63) is 54.6 Å². The van der Waals surface area contributed by atoms with E-state index in [9.17, 15) is 0 Å². The van der Waals surface area contributed by atoms with Crippen LogP contribution in [0.1, 0.15) is 6.42 Å². The summed E-state index contributed by atoms with van der Waals surface area (Å²) in [5.41, 5.74) is 0. The van der Waals surface area contributed by atoms with Crippen LogP contribution in [-0.4, -0.2) is 14.2 Å². The van der Waals surface area contributed by atoms with E-state index in [2.05, 4.69) is 12.2 Å². The van der Waals surface area contributed by atoms with Crippen LogP contribution < -0.4 is 34.3 Å². The minimum Gasteiger partial charge on any atom is -1.00 e. The fourth-order valence-corrected chi connectivity index (χ4v) is 1.87. The molecule has 3 rings (SSSR count). The molecule has 0 radical (unpaired) electrons. The molecule has 0 unspecified atom stereocenters. The maximum atomic E-state index is 5.26. The van der Waals surface area contributed by atoms with Crippen molar-refractivity contribution in [3.63, 3.8) is 0 Å². The molecule has 0 saturated carbocycles. The summed E-state index contributed by atoms with van der Waals surface area (Å²) in [6.07, 6.45) is 10.0. The summed E-state index contributed by atoms with van der Waals surface area (Å²) in [5, 5.41) is 2.25. The number of hydrogen-bond donors (Lipinski definition) is 0. The third kappa shape index (κ3) is 5.84. The zero-order valence-corrected chi connectivity index (χ0v) is 15.0. The van der Waals surface area contributed by atoms with Crippen LogP contribution in [0.3, 0.4) is 0 Å². The number of ether oxygens (including phenoxy) is 2. The molecule has 110 valence electrons. The second kappa shape index (κ2) is 11.8. The molecule has 0 bridgehead atoms. The van der Waals surface area contributed by atoms with Crippen molar-refractivity contribution in [1.82, 2.24) is 0 Å². The Labute approximate surface area is 153 Å². The summed E-state index contributed by atoms with van der Waals surface area (Å²) in [7, 11) is 3.31. The molecule has 0 fully saturated rings. The van der Waals surface area contributed by atoms with Gasteiger partial charge in [-0.05, 0) is 0 Å². The smallest absolute Gasteiger partial charge is 1.00 e. The first-order valence-corrected chi connectivity index (χ1v) is 5.85. The Hall–Kier alpha value is -0.796. The number of rotatable bonds is 2. The van der Waals surface area contributed by atoms with Gasteiger partial charge in [-0.25, -0.2) is 12.2 Å². The number of allylic oxidation sites excluding steroid dienone is 4. The molecule has 5 heteroatoms. The number of methoxy groups -OCH3 is 2. The van der Waals surface area contributed by atoms with Gasteiger partial charge < -0.3 is 34.3 Å². The molecule has 0 aliphatic heterocycles. The van der Waals surface area contributed by atoms with E-state index in [1.54, 1.807) is 14.2 Å². The third-order valence-electron chi connectivity index (χ3n) is 2.73. The van der Waals surface area contributed by atoms with Gasteiger partial charge in [-0.2, -0.15) is 6.08 Å². The molecule has 2 aromatic carbocycles. The van der Waals surface area contributed by atoms with Crippen molar-refractivity contribution in [2.24, 2.45) is 0 Å². The van der Waals surface area contributed by atoms with Crippen molar-refractivity contribution in [2.45, 2.75) is 6.42 Å². The van der Waals surface area contributed by atoms with Crippen molar-refractivity contribution in [3.8, 4) is 11.5 Å². The van der Waals surface area contributed by atoms with Crippen molar-refractivity contribution in [2.75, 3.05) is 14.2 Å². The van der Waals surface area contributed by atoms with Gasteiger partial charge in [0.05, 0.1) is 25.7 Å². The molecule has 0 saturated heterocycles. The van der Waals surface area contributed by atoms with Crippen LogP contribution in [0.15, 0.2) is 48.6 Å². The second-order valence-electron chi connectivity index (χ2n) is 3.84. The Morgan fingerprint density at radius 1 is 1.10 bits per heavy atom. The largest absolute Gasteiger partial charge is 4.00 e. The van der Waals surface area contributed by atoms with E-state index < -0.39 is 0 Å². The van der Waals surface area contributed by atoms with E-state index >= 15 is 0 Å². The predicted molar refractivity (Wildman–Crippen MR) is 74.2 cm³/mol. The summed E-state index contributed by atoms with van der Waals surface area (Å²) < 4.78 is 10.5. The molecular formula is C16H16Cl2O2Ti. The number of hydrogen-bond acceptors (Lipinski definition) is 2. The fraction of sp³-hybridized carbons (Fsp3) is 0.188. The quantitative estimate of drug-likeness (QED) is 0.452. The van der Waals surface area contributed by atoms with E-state index in [1.165, 1.54) is 0 Å². The van der Waals surface area contributed by atoms with E-state index in [0.717, 1.165) is 28.7 Å². The number of fused-ring (bicyclic) bond motifs is 1. The Morgan fingerprint density at radius 3 is 2.29 bits per heavy atom. The average molecular weight is 359 g/mol. The molecule has 0 atom stereocenters. The summed E-state index contributed by atoms with van der Waals surface area (Å²) in [4.78, 5) is 0. The van der Waals surface area contributed by atoms with Crippen LogP contribution in [0.5, 0.6) is 11.5 Å². The predicted octanol–water partition coefficient (Wildman–Crippen LogP) is -2.11. The monoisotopic (exact) mass is 358 g/mol. The van der Waals surface area contributed by atoms with Gasteiger partial charge in [0.1, 0.15) is 0 Å². The van der Waals surface area contributed by atoms with E-state index in [0.29, 0.717) is 0 Å². The summed E-state index contributed by atoms with van der Waals surface area (Å²) in [5.74, 6) is 1.61. The molecule has 0 amide bonds. The second-order valence-corrected chi connectivity index (χ2v) is 3.84. The Kier molecular flexibility index (Phi) is 12.7. The van der Waals surface area contributed by atoms with Gasteiger partial charge in [0.15, 0.2) is 0 Å². The minimum absolute atomic E-state index is 0. The van der Waals surface area contributed by atoms with Crippen LogP contribution in [0.2, 0.25) is 0 Å². The molecule has 2 aromatic rings.